The smallest absolute Gasteiger partial charge is 0.268 e. The van der Waals surface area contributed by atoms with Crippen LogP contribution in [0.1, 0.15) is 55.7 Å². The zero-order valence-corrected chi connectivity index (χ0v) is 25.0. The molecule has 0 aliphatic heterocycles. The average molecular weight is 546 g/mol. The number of hydrogen-bond acceptors (Lipinski definition) is 4. The number of nitrogens with one attached hydrogen (secondary N) is 1. The van der Waals surface area contributed by atoms with E-state index in [2.05, 4.69) is 110 Å². The van der Waals surface area contributed by atoms with Gasteiger partial charge in [-0.2, -0.15) is 0 Å². The van der Waals surface area contributed by atoms with Crippen molar-refractivity contribution in [3.05, 3.63) is 84.6 Å². The van der Waals surface area contributed by atoms with E-state index in [0.717, 1.165) is 38.0 Å². The molecule has 2 aromatic heterocycles. The SMILES string of the molecule is CC(C)(C)[Si](C)(C)OCC(CCn1ccc2ccc(NCCCc3ccccc3)cc21)n1cnc(C(N)=O)c1. The molecule has 1 atom stereocenters. The van der Waals surface area contributed by atoms with E-state index in [0.29, 0.717) is 6.61 Å². The lowest BCUT2D eigenvalue weighted by Crippen LogP contribution is -2.42. The van der Waals surface area contributed by atoms with E-state index in [1.54, 1.807) is 12.5 Å². The van der Waals surface area contributed by atoms with Gasteiger partial charge in [-0.05, 0) is 66.5 Å². The molecule has 1 amide bonds. The van der Waals surface area contributed by atoms with Crippen LogP contribution in [0.15, 0.2) is 73.3 Å². The molecule has 0 saturated carbocycles. The number of fused-ring (bicyclic) bond motifs is 1. The third kappa shape index (κ3) is 7.39. The largest absolute Gasteiger partial charge is 0.415 e. The highest BCUT2D eigenvalue weighted by molar-refractivity contribution is 6.74. The molecule has 0 fully saturated rings. The van der Waals surface area contributed by atoms with Crippen molar-refractivity contribution in [1.82, 2.24) is 14.1 Å². The molecular formula is C31H43N5O2Si. The second kappa shape index (κ2) is 12.2. The zero-order chi connectivity index (χ0) is 28.0. The summed E-state index contributed by atoms with van der Waals surface area (Å²) in [6, 6.07) is 19.4. The van der Waals surface area contributed by atoms with E-state index < -0.39 is 14.2 Å². The van der Waals surface area contributed by atoms with Gasteiger partial charge in [0.15, 0.2) is 8.32 Å². The molecule has 4 rings (SSSR count). The summed E-state index contributed by atoms with van der Waals surface area (Å²) in [5.41, 5.74) is 9.47. The summed E-state index contributed by atoms with van der Waals surface area (Å²) < 4.78 is 10.9. The summed E-state index contributed by atoms with van der Waals surface area (Å²) >= 11 is 0. The predicted molar refractivity (Wildman–Crippen MR) is 163 cm³/mol. The molecule has 0 saturated heterocycles. The minimum atomic E-state index is -1.94. The molecule has 2 heterocycles. The highest BCUT2D eigenvalue weighted by Gasteiger charge is 2.37. The highest BCUT2D eigenvalue weighted by atomic mass is 28.4. The molecule has 1 unspecified atom stereocenters. The first kappa shape index (κ1) is 28.6. The number of imidazole rings is 1. The van der Waals surface area contributed by atoms with E-state index >= 15 is 0 Å². The van der Waals surface area contributed by atoms with Crippen molar-refractivity contribution in [2.24, 2.45) is 5.73 Å². The fraction of sp³-hybridized carbons (Fsp3) is 0.419. The standard InChI is InChI=1S/C31H43N5O2Si/c1-31(2,3)39(4,5)38-22-27(36-21-28(30(32)37)34-23-36)16-19-35-18-15-25-13-14-26(20-29(25)35)33-17-9-12-24-10-7-6-8-11-24/h6-8,10-11,13-15,18,20-21,23,27,33H,9,12,16-17,19,22H2,1-5H3,(H2,32,37). The Morgan fingerprint density at radius 2 is 1.90 bits per heavy atom. The Balaban J connectivity index is 1.43. The lowest BCUT2D eigenvalue weighted by molar-refractivity contribution is 0.0995. The minimum absolute atomic E-state index is 0.0384. The number of rotatable bonds is 13. The second-order valence-electron chi connectivity index (χ2n) is 11.9. The number of aryl methyl sites for hydroxylation is 2. The van der Waals surface area contributed by atoms with E-state index in [-0.39, 0.29) is 16.8 Å². The number of carbonyl (C=O) groups excluding carboxylic acids is 1. The number of nitrogens with two attached hydrogens (primary N) is 1. The molecule has 0 bridgehead atoms. The van der Waals surface area contributed by atoms with Crippen molar-refractivity contribution >= 4 is 30.8 Å². The first-order valence-corrected chi connectivity index (χ1v) is 16.8. The van der Waals surface area contributed by atoms with Gasteiger partial charge in [0.1, 0.15) is 5.69 Å². The van der Waals surface area contributed by atoms with Gasteiger partial charge in [-0.15, -0.1) is 0 Å². The molecule has 0 radical (unpaired) electrons. The maximum Gasteiger partial charge on any atom is 0.268 e. The summed E-state index contributed by atoms with van der Waals surface area (Å²) in [5.74, 6) is -0.516. The summed E-state index contributed by atoms with van der Waals surface area (Å²) in [6.45, 7) is 13.6. The second-order valence-corrected chi connectivity index (χ2v) is 16.7. The van der Waals surface area contributed by atoms with Crippen molar-refractivity contribution in [1.29, 1.82) is 0 Å². The van der Waals surface area contributed by atoms with Crippen LogP contribution in [-0.2, 0) is 17.4 Å². The van der Waals surface area contributed by atoms with Gasteiger partial charge in [0.25, 0.3) is 5.91 Å². The molecule has 39 heavy (non-hydrogen) atoms. The Morgan fingerprint density at radius 3 is 2.59 bits per heavy atom. The lowest BCUT2D eigenvalue weighted by Gasteiger charge is -2.37. The van der Waals surface area contributed by atoms with Crippen molar-refractivity contribution in [2.75, 3.05) is 18.5 Å². The van der Waals surface area contributed by atoms with Crippen LogP contribution in [0.4, 0.5) is 5.69 Å². The van der Waals surface area contributed by atoms with Crippen molar-refractivity contribution in [3.8, 4) is 0 Å². The topological polar surface area (TPSA) is 87.1 Å². The molecule has 3 N–H and O–H groups in total. The fourth-order valence-electron chi connectivity index (χ4n) is 4.45. The number of hydrogen-bond donors (Lipinski definition) is 2. The first-order valence-electron chi connectivity index (χ1n) is 13.9. The van der Waals surface area contributed by atoms with Crippen LogP contribution >= 0.6 is 0 Å². The number of anilines is 1. The van der Waals surface area contributed by atoms with Gasteiger partial charge in [0, 0.05) is 31.2 Å². The third-order valence-electron chi connectivity index (χ3n) is 8.01. The van der Waals surface area contributed by atoms with Gasteiger partial charge >= 0.3 is 0 Å². The molecule has 0 aliphatic rings. The number of nitrogens with zero attached hydrogens (tertiary/aromatic N) is 3. The van der Waals surface area contributed by atoms with Crippen LogP contribution in [-0.4, -0.2) is 41.5 Å². The molecule has 0 aliphatic carbocycles. The summed E-state index contributed by atoms with van der Waals surface area (Å²) in [5, 5.41) is 4.93. The van der Waals surface area contributed by atoms with Gasteiger partial charge in [-0.25, -0.2) is 4.98 Å². The van der Waals surface area contributed by atoms with Crippen LogP contribution in [0.5, 0.6) is 0 Å². The molecule has 7 nitrogen and oxygen atoms in total. The van der Waals surface area contributed by atoms with Crippen molar-refractivity contribution in [2.45, 2.75) is 70.8 Å². The van der Waals surface area contributed by atoms with E-state index in [1.165, 1.54) is 16.5 Å². The average Bonchev–Trinajstić information content (AvgIpc) is 3.54. The molecule has 2 aromatic carbocycles. The van der Waals surface area contributed by atoms with Crippen molar-refractivity contribution in [3.63, 3.8) is 0 Å². The Kier molecular flexibility index (Phi) is 8.97. The number of amides is 1. The monoisotopic (exact) mass is 545 g/mol. The summed E-state index contributed by atoms with van der Waals surface area (Å²) in [6.07, 6.45) is 8.58. The van der Waals surface area contributed by atoms with Crippen LogP contribution in [0.2, 0.25) is 18.1 Å². The fourth-order valence-corrected chi connectivity index (χ4v) is 5.49. The molecule has 208 valence electrons. The highest BCUT2D eigenvalue weighted by Crippen LogP contribution is 2.37. The molecule has 0 spiro atoms. The van der Waals surface area contributed by atoms with E-state index in [1.807, 2.05) is 4.57 Å². The van der Waals surface area contributed by atoms with E-state index in [9.17, 15) is 4.79 Å². The van der Waals surface area contributed by atoms with Gasteiger partial charge in [0.05, 0.1) is 24.5 Å². The Labute approximate surface area is 233 Å². The quantitative estimate of drug-likeness (QED) is 0.146. The van der Waals surface area contributed by atoms with Gasteiger partial charge in [-0.3, -0.25) is 4.79 Å². The van der Waals surface area contributed by atoms with Gasteiger partial charge < -0.3 is 24.6 Å². The first-order chi connectivity index (χ1) is 18.5. The van der Waals surface area contributed by atoms with Gasteiger partial charge in [0.2, 0.25) is 0 Å². The number of benzene rings is 2. The van der Waals surface area contributed by atoms with E-state index in [4.69, 9.17) is 10.2 Å². The van der Waals surface area contributed by atoms with Crippen LogP contribution < -0.4 is 11.1 Å². The van der Waals surface area contributed by atoms with Crippen molar-refractivity contribution < 1.29 is 9.22 Å². The Bertz CT molecular complexity index is 1370. The molecular weight excluding hydrogens is 502 g/mol. The third-order valence-corrected chi connectivity index (χ3v) is 12.5. The number of carbonyl (C=O) groups is 1. The minimum Gasteiger partial charge on any atom is -0.415 e. The van der Waals surface area contributed by atoms with Crippen LogP contribution in [0.25, 0.3) is 10.9 Å². The predicted octanol–water partition coefficient (Wildman–Crippen LogP) is 6.63. The maximum absolute atomic E-state index is 11.7. The Morgan fingerprint density at radius 1 is 1.13 bits per heavy atom. The lowest BCUT2D eigenvalue weighted by atomic mass is 10.1. The van der Waals surface area contributed by atoms with Gasteiger partial charge in [-0.1, -0.05) is 57.2 Å². The Hall–Kier alpha value is -3.36. The maximum atomic E-state index is 11.7. The van der Waals surface area contributed by atoms with Crippen LogP contribution in [0.3, 0.4) is 0 Å². The molecule has 8 heteroatoms. The number of aromatic nitrogens is 3. The summed E-state index contributed by atoms with van der Waals surface area (Å²) in [4.78, 5) is 15.9. The molecule has 4 aromatic rings. The zero-order valence-electron chi connectivity index (χ0n) is 24.0. The number of primary amides is 1. The normalized spacial score (nSPS) is 13.1. The van der Waals surface area contributed by atoms with Crippen LogP contribution in [0, 0.1) is 0 Å². The summed E-state index contributed by atoms with van der Waals surface area (Å²) in [7, 11) is -1.94.